The molecule has 0 saturated carbocycles. The number of benzene rings is 2. The first kappa shape index (κ1) is 27.6. The predicted octanol–water partition coefficient (Wildman–Crippen LogP) is 2.28. The van der Waals surface area contributed by atoms with Crippen LogP contribution in [0.1, 0.15) is 16.7 Å². The number of amides is 2. The van der Waals surface area contributed by atoms with E-state index < -0.39 is 36.0 Å². The maximum absolute atomic E-state index is 12.9. The summed E-state index contributed by atoms with van der Waals surface area (Å²) in [7, 11) is 2.95. The topological polar surface area (TPSA) is 144 Å². The molecule has 3 N–H and O–H groups in total. The molecule has 0 spiro atoms. The van der Waals surface area contributed by atoms with Gasteiger partial charge in [0.2, 0.25) is 11.8 Å². The minimum atomic E-state index is -1.20. The molecule has 196 valence electrons. The minimum Gasteiger partial charge on any atom is -0.496 e. The Balaban J connectivity index is 1.79. The molecule has 2 aromatic carbocycles. The zero-order chi connectivity index (χ0) is 26.9. The van der Waals surface area contributed by atoms with Crippen LogP contribution < -0.4 is 25.7 Å². The third-order valence-electron chi connectivity index (χ3n) is 5.57. The lowest BCUT2D eigenvalue weighted by Gasteiger charge is -2.18. The first-order chi connectivity index (χ1) is 17.7. The highest BCUT2D eigenvalue weighted by atomic mass is 32.2. The van der Waals surface area contributed by atoms with E-state index in [0.717, 1.165) is 5.56 Å². The third kappa shape index (κ3) is 7.26. The van der Waals surface area contributed by atoms with Crippen molar-refractivity contribution >= 4 is 40.5 Å². The summed E-state index contributed by atoms with van der Waals surface area (Å²) in [6, 6.07) is 11.8. The van der Waals surface area contributed by atoms with Crippen molar-refractivity contribution in [1.29, 1.82) is 0 Å². The first-order valence-electron chi connectivity index (χ1n) is 11.3. The Morgan fingerprint density at radius 2 is 1.84 bits per heavy atom. The second-order valence-corrected chi connectivity index (χ2v) is 9.14. The maximum Gasteiger partial charge on any atom is 0.340 e. The van der Waals surface area contributed by atoms with E-state index in [1.165, 1.54) is 26.0 Å². The lowest BCUT2D eigenvalue weighted by molar-refractivity contribution is -0.138. The first-order valence-corrected chi connectivity index (χ1v) is 12.5. The average Bonchev–Trinajstić information content (AvgIpc) is 2.88. The van der Waals surface area contributed by atoms with Gasteiger partial charge in [-0.15, -0.1) is 0 Å². The molecular formula is C26H28N2O8S. The Morgan fingerprint density at radius 1 is 1.11 bits per heavy atom. The summed E-state index contributed by atoms with van der Waals surface area (Å²) in [5.74, 6) is -0.766. The fraction of sp³-hybridized carbons (Fsp3) is 0.308. The summed E-state index contributed by atoms with van der Waals surface area (Å²) < 4.78 is 16.1. The highest BCUT2D eigenvalue weighted by Crippen LogP contribution is 2.33. The van der Waals surface area contributed by atoms with Crippen molar-refractivity contribution in [3.8, 4) is 11.5 Å². The Labute approximate surface area is 217 Å². The van der Waals surface area contributed by atoms with Crippen LogP contribution in [0.4, 0.5) is 0 Å². The van der Waals surface area contributed by atoms with Crippen molar-refractivity contribution in [2.75, 3.05) is 26.5 Å². The molecule has 11 heteroatoms. The van der Waals surface area contributed by atoms with Gasteiger partial charge in [0.25, 0.3) is 0 Å². The zero-order valence-corrected chi connectivity index (χ0v) is 21.5. The van der Waals surface area contributed by atoms with E-state index in [2.05, 4.69) is 10.6 Å². The highest BCUT2D eigenvalue weighted by Gasteiger charge is 2.24. The van der Waals surface area contributed by atoms with Crippen LogP contribution in [0.15, 0.2) is 51.7 Å². The molecule has 0 bridgehead atoms. The zero-order valence-electron chi connectivity index (χ0n) is 20.7. The molecule has 0 fully saturated rings. The van der Waals surface area contributed by atoms with Crippen LogP contribution in [0.3, 0.4) is 0 Å². The van der Waals surface area contributed by atoms with Crippen LogP contribution >= 0.6 is 11.8 Å². The van der Waals surface area contributed by atoms with Crippen molar-refractivity contribution in [3.05, 3.63) is 69.6 Å². The summed E-state index contributed by atoms with van der Waals surface area (Å²) in [4.78, 5) is 49.2. The largest absolute Gasteiger partial charge is 0.496 e. The Morgan fingerprint density at radius 3 is 2.49 bits per heavy atom. The van der Waals surface area contributed by atoms with E-state index in [0.29, 0.717) is 28.2 Å². The SMILES string of the molecule is COc1cc(OC)c2c(C)c(CC(=O)N[C@@H](CSCc3ccccc3)C(=O)NCC(=O)O)c(=O)oc2c1. The number of thioether (sulfide) groups is 1. The molecule has 10 nitrogen and oxygen atoms in total. The molecule has 0 unspecified atom stereocenters. The van der Waals surface area contributed by atoms with Crippen LogP contribution in [0.25, 0.3) is 11.0 Å². The molecule has 0 aliphatic heterocycles. The van der Waals surface area contributed by atoms with Gasteiger partial charge in [-0.3, -0.25) is 14.4 Å². The molecule has 0 saturated heterocycles. The van der Waals surface area contributed by atoms with Crippen molar-refractivity contribution in [1.82, 2.24) is 10.6 Å². The van der Waals surface area contributed by atoms with Gasteiger partial charge in [-0.05, 0) is 18.1 Å². The van der Waals surface area contributed by atoms with Crippen LogP contribution in [0.5, 0.6) is 11.5 Å². The van der Waals surface area contributed by atoms with Gasteiger partial charge in [-0.25, -0.2) is 4.79 Å². The van der Waals surface area contributed by atoms with Crippen molar-refractivity contribution in [2.45, 2.75) is 25.1 Å². The van der Waals surface area contributed by atoms with Gasteiger partial charge in [0.05, 0.1) is 31.6 Å². The van der Waals surface area contributed by atoms with Crippen molar-refractivity contribution in [3.63, 3.8) is 0 Å². The lowest BCUT2D eigenvalue weighted by Crippen LogP contribution is -2.50. The molecule has 37 heavy (non-hydrogen) atoms. The number of fused-ring (bicyclic) bond motifs is 1. The van der Waals surface area contributed by atoms with Gasteiger partial charge in [0, 0.05) is 23.6 Å². The summed E-state index contributed by atoms with van der Waals surface area (Å²) in [6.07, 6.45) is -0.342. The second-order valence-electron chi connectivity index (χ2n) is 8.11. The van der Waals surface area contributed by atoms with E-state index in [1.54, 1.807) is 19.1 Å². The van der Waals surface area contributed by atoms with E-state index in [4.69, 9.17) is 19.0 Å². The lowest BCUT2D eigenvalue weighted by atomic mass is 10.0. The highest BCUT2D eigenvalue weighted by molar-refractivity contribution is 7.98. The molecule has 0 radical (unpaired) electrons. The molecule has 1 heterocycles. The summed E-state index contributed by atoms with van der Waals surface area (Å²) in [5, 5.41) is 14.4. The van der Waals surface area contributed by atoms with Gasteiger partial charge in [0.1, 0.15) is 29.7 Å². The number of carboxylic acid groups (broad SMARTS) is 1. The summed E-state index contributed by atoms with van der Waals surface area (Å²) >= 11 is 1.41. The molecule has 1 aromatic heterocycles. The van der Waals surface area contributed by atoms with Gasteiger partial charge in [0.15, 0.2) is 0 Å². The molecule has 0 aliphatic rings. The van der Waals surface area contributed by atoms with Gasteiger partial charge in [-0.1, -0.05) is 30.3 Å². The van der Waals surface area contributed by atoms with Crippen LogP contribution in [-0.2, 0) is 26.6 Å². The number of carbonyl (C=O) groups is 3. The summed E-state index contributed by atoms with van der Waals surface area (Å²) in [6.45, 7) is 1.11. The molecule has 0 aliphatic carbocycles. The monoisotopic (exact) mass is 528 g/mol. The average molecular weight is 529 g/mol. The fourth-order valence-corrected chi connectivity index (χ4v) is 4.72. The molecule has 1 atom stereocenters. The predicted molar refractivity (Wildman–Crippen MR) is 139 cm³/mol. The second kappa shape index (κ2) is 12.8. The molecular weight excluding hydrogens is 500 g/mol. The Bertz CT molecular complexity index is 1340. The summed E-state index contributed by atoms with van der Waals surface area (Å²) in [5.41, 5.74) is 1.23. The van der Waals surface area contributed by atoms with Crippen molar-refractivity contribution in [2.24, 2.45) is 0 Å². The number of rotatable bonds is 12. The standard InChI is InChI=1S/C26H28N2O8S/c1-15-18(26(33)36-21-10-17(34-2)9-20(35-3)24(15)21)11-22(29)28-19(25(32)27-12-23(30)31)14-37-13-16-7-5-4-6-8-16/h4-10,19H,11-14H2,1-3H3,(H,27,32)(H,28,29)(H,30,31)/t19-/m0/s1. The number of hydrogen-bond acceptors (Lipinski definition) is 8. The fourth-order valence-electron chi connectivity index (χ4n) is 3.71. The number of aliphatic carboxylic acids is 1. The minimum absolute atomic E-state index is 0.120. The number of hydrogen-bond donors (Lipinski definition) is 3. The number of methoxy groups -OCH3 is 2. The molecule has 3 aromatic rings. The normalized spacial score (nSPS) is 11.5. The van der Waals surface area contributed by atoms with E-state index in [9.17, 15) is 19.2 Å². The van der Waals surface area contributed by atoms with Crippen LogP contribution in [0.2, 0.25) is 0 Å². The quantitative estimate of drug-likeness (QED) is 0.302. The number of aryl methyl sites for hydroxylation is 1. The van der Waals surface area contributed by atoms with Crippen molar-refractivity contribution < 1.29 is 33.4 Å². The smallest absolute Gasteiger partial charge is 0.340 e. The third-order valence-corrected chi connectivity index (χ3v) is 6.68. The maximum atomic E-state index is 12.9. The molecule has 2 amide bonds. The van der Waals surface area contributed by atoms with Gasteiger partial charge >= 0.3 is 11.6 Å². The van der Waals surface area contributed by atoms with Crippen LogP contribution in [0, 0.1) is 6.92 Å². The number of ether oxygens (including phenoxy) is 2. The number of carboxylic acids is 1. The number of nitrogens with one attached hydrogen (secondary N) is 2. The Kier molecular flexibility index (Phi) is 9.56. The number of carbonyl (C=O) groups excluding carboxylic acids is 2. The van der Waals surface area contributed by atoms with Crippen LogP contribution in [-0.4, -0.2) is 55.4 Å². The van der Waals surface area contributed by atoms with Gasteiger partial charge in [-0.2, -0.15) is 11.8 Å². The van der Waals surface area contributed by atoms with E-state index in [-0.39, 0.29) is 23.3 Å². The Hall–Kier alpha value is -3.99. The van der Waals surface area contributed by atoms with E-state index >= 15 is 0 Å². The van der Waals surface area contributed by atoms with Gasteiger partial charge < -0.3 is 29.6 Å². The van der Waals surface area contributed by atoms with E-state index in [1.807, 2.05) is 30.3 Å². The molecule has 3 rings (SSSR count).